The molecular weight excluding hydrogens is 276 g/mol. The normalized spacial score (nSPS) is 13.3. The van der Waals surface area contributed by atoms with Gasteiger partial charge in [-0.25, -0.2) is 0 Å². The first-order chi connectivity index (χ1) is 9.92. The fourth-order valence-corrected chi connectivity index (χ4v) is 1.66. The first-order valence-electron chi connectivity index (χ1n) is 6.66. The second kappa shape index (κ2) is 7.58. The highest BCUT2D eigenvalue weighted by Crippen LogP contribution is 2.19. The Bertz CT molecular complexity index is 489. The van der Waals surface area contributed by atoms with E-state index in [1.165, 1.54) is 24.3 Å². The van der Waals surface area contributed by atoms with Gasteiger partial charge in [0.25, 0.3) is 5.69 Å². The van der Waals surface area contributed by atoms with E-state index in [2.05, 4.69) is 5.32 Å². The van der Waals surface area contributed by atoms with Gasteiger partial charge in [0.15, 0.2) is 0 Å². The highest BCUT2D eigenvalue weighted by atomic mass is 16.6. The number of nitrogens with one attached hydrogen (secondary N) is 1. The van der Waals surface area contributed by atoms with Gasteiger partial charge in [-0.05, 0) is 33.0 Å². The summed E-state index contributed by atoms with van der Waals surface area (Å²) < 4.78 is 10.5. The van der Waals surface area contributed by atoms with Gasteiger partial charge in [-0.3, -0.25) is 14.9 Å². The van der Waals surface area contributed by atoms with Gasteiger partial charge < -0.3 is 14.8 Å². The molecule has 0 spiro atoms. The summed E-state index contributed by atoms with van der Waals surface area (Å²) in [6.45, 7) is 4.10. The molecule has 1 aromatic carbocycles. The van der Waals surface area contributed by atoms with Crippen LogP contribution in [0.2, 0.25) is 0 Å². The average Bonchev–Trinajstić information content (AvgIpc) is 2.47. The number of ether oxygens (including phenoxy) is 2. The van der Waals surface area contributed by atoms with Crippen LogP contribution in [0.1, 0.15) is 20.3 Å². The molecule has 0 aliphatic carbocycles. The average molecular weight is 296 g/mol. The van der Waals surface area contributed by atoms with Gasteiger partial charge in [0, 0.05) is 18.6 Å². The monoisotopic (exact) mass is 296 g/mol. The van der Waals surface area contributed by atoms with Crippen molar-refractivity contribution in [3.8, 4) is 5.75 Å². The van der Waals surface area contributed by atoms with E-state index < -0.39 is 10.5 Å². The number of nitrogens with zero attached hydrogens (tertiary/aromatic N) is 1. The SMILES string of the molecule is CCOC(=O)C(C)(CCOc1ccc([N+](=O)[O-])cc1)NC. The number of hydrogen-bond acceptors (Lipinski definition) is 6. The molecule has 0 saturated heterocycles. The van der Waals surface area contributed by atoms with E-state index in [1.54, 1.807) is 20.9 Å². The second-order valence-corrected chi connectivity index (χ2v) is 4.65. The van der Waals surface area contributed by atoms with Crippen LogP contribution in [0.25, 0.3) is 0 Å². The molecule has 116 valence electrons. The van der Waals surface area contributed by atoms with Crippen LogP contribution in [0.5, 0.6) is 5.75 Å². The molecule has 0 aliphatic rings. The molecule has 7 nitrogen and oxygen atoms in total. The number of rotatable bonds is 8. The standard InChI is InChI=1S/C14H20N2O5/c1-4-20-13(17)14(2,15-3)9-10-21-12-7-5-11(6-8-12)16(18)19/h5-8,15H,4,9-10H2,1-3H3. The summed E-state index contributed by atoms with van der Waals surface area (Å²) in [5.41, 5.74) is -0.814. The number of esters is 1. The summed E-state index contributed by atoms with van der Waals surface area (Å²) in [5, 5.41) is 13.5. The number of non-ortho nitro benzene ring substituents is 1. The van der Waals surface area contributed by atoms with E-state index in [4.69, 9.17) is 9.47 Å². The fourth-order valence-electron chi connectivity index (χ4n) is 1.66. The summed E-state index contributed by atoms with van der Waals surface area (Å²) in [6, 6.07) is 5.80. The number of carbonyl (C=O) groups excluding carboxylic acids is 1. The lowest BCUT2D eigenvalue weighted by molar-refractivity contribution is -0.384. The van der Waals surface area contributed by atoms with Crippen LogP contribution < -0.4 is 10.1 Å². The van der Waals surface area contributed by atoms with Gasteiger partial charge in [0.1, 0.15) is 11.3 Å². The number of carbonyl (C=O) groups is 1. The van der Waals surface area contributed by atoms with E-state index in [0.717, 1.165) is 0 Å². The molecule has 1 N–H and O–H groups in total. The van der Waals surface area contributed by atoms with Crippen LogP contribution in [0.3, 0.4) is 0 Å². The molecule has 7 heteroatoms. The predicted octanol–water partition coefficient (Wildman–Crippen LogP) is 1.90. The number of nitro groups is 1. The molecule has 0 amide bonds. The van der Waals surface area contributed by atoms with Crippen LogP contribution in [0.4, 0.5) is 5.69 Å². The zero-order valence-electron chi connectivity index (χ0n) is 12.4. The second-order valence-electron chi connectivity index (χ2n) is 4.65. The molecule has 1 unspecified atom stereocenters. The van der Waals surface area contributed by atoms with E-state index in [9.17, 15) is 14.9 Å². The van der Waals surface area contributed by atoms with Gasteiger partial charge in [-0.1, -0.05) is 0 Å². The van der Waals surface area contributed by atoms with Crippen LogP contribution in [0.15, 0.2) is 24.3 Å². The van der Waals surface area contributed by atoms with Crippen LogP contribution in [0, 0.1) is 10.1 Å². The highest BCUT2D eigenvalue weighted by molar-refractivity contribution is 5.80. The number of hydrogen-bond donors (Lipinski definition) is 1. The van der Waals surface area contributed by atoms with Gasteiger partial charge in [-0.15, -0.1) is 0 Å². The third-order valence-corrected chi connectivity index (χ3v) is 3.20. The fraction of sp³-hybridized carbons (Fsp3) is 0.500. The van der Waals surface area contributed by atoms with Crippen molar-refractivity contribution >= 4 is 11.7 Å². The Labute approximate surface area is 123 Å². The minimum Gasteiger partial charge on any atom is -0.494 e. The third kappa shape index (κ3) is 4.71. The van der Waals surface area contributed by atoms with Crippen molar-refractivity contribution in [1.82, 2.24) is 5.32 Å². The molecule has 0 bridgehead atoms. The van der Waals surface area contributed by atoms with Crippen LogP contribution >= 0.6 is 0 Å². The summed E-state index contributed by atoms with van der Waals surface area (Å²) in [4.78, 5) is 21.9. The zero-order chi connectivity index (χ0) is 15.9. The first-order valence-corrected chi connectivity index (χ1v) is 6.66. The van der Waals surface area contributed by atoms with E-state index in [0.29, 0.717) is 18.8 Å². The highest BCUT2D eigenvalue weighted by Gasteiger charge is 2.32. The largest absolute Gasteiger partial charge is 0.494 e. The van der Waals surface area contributed by atoms with Crippen molar-refractivity contribution in [2.24, 2.45) is 0 Å². The lowest BCUT2D eigenvalue weighted by Crippen LogP contribution is -2.49. The minimum atomic E-state index is -0.823. The Morgan fingerprint density at radius 3 is 2.48 bits per heavy atom. The maximum Gasteiger partial charge on any atom is 0.326 e. The summed E-state index contributed by atoms with van der Waals surface area (Å²) >= 11 is 0. The Morgan fingerprint density at radius 2 is 2.00 bits per heavy atom. The maximum absolute atomic E-state index is 11.8. The molecule has 0 heterocycles. The molecule has 0 fully saturated rings. The van der Waals surface area contributed by atoms with E-state index in [1.807, 2.05) is 0 Å². The smallest absolute Gasteiger partial charge is 0.326 e. The molecule has 21 heavy (non-hydrogen) atoms. The number of nitro benzene ring substituents is 1. The Morgan fingerprint density at radius 1 is 1.38 bits per heavy atom. The van der Waals surface area contributed by atoms with Crippen molar-refractivity contribution in [3.05, 3.63) is 34.4 Å². The Balaban J connectivity index is 2.54. The summed E-state index contributed by atoms with van der Waals surface area (Å²) in [6.07, 6.45) is 0.416. The van der Waals surface area contributed by atoms with Gasteiger partial charge >= 0.3 is 5.97 Å². The molecule has 0 aliphatic heterocycles. The molecule has 0 radical (unpaired) electrons. The van der Waals surface area contributed by atoms with Crippen molar-refractivity contribution in [2.45, 2.75) is 25.8 Å². The molecule has 1 rings (SSSR count). The summed E-state index contributed by atoms with van der Waals surface area (Å²) in [5.74, 6) is 0.183. The Kier molecular flexibility index (Phi) is 6.10. The number of likely N-dealkylation sites (N-methyl/N-ethyl adjacent to an activating group) is 1. The minimum absolute atomic E-state index is 0.00827. The van der Waals surface area contributed by atoms with E-state index in [-0.39, 0.29) is 18.3 Å². The van der Waals surface area contributed by atoms with Crippen molar-refractivity contribution in [1.29, 1.82) is 0 Å². The first kappa shape index (κ1) is 16.9. The molecule has 1 atom stereocenters. The molecular formula is C14H20N2O5. The third-order valence-electron chi connectivity index (χ3n) is 3.20. The van der Waals surface area contributed by atoms with Crippen LogP contribution in [-0.4, -0.2) is 36.7 Å². The molecule has 0 aromatic heterocycles. The van der Waals surface area contributed by atoms with Gasteiger partial charge in [0.2, 0.25) is 0 Å². The van der Waals surface area contributed by atoms with Crippen LogP contribution in [-0.2, 0) is 9.53 Å². The quantitative estimate of drug-likeness (QED) is 0.447. The predicted molar refractivity (Wildman–Crippen MR) is 77.3 cm³/mol. The van der Waals surface area contributed by atoms with Gasteiger partial charge in [0.05, 0.1) is 18.1 Å². The summed E-state index contributed by atoms with van der Waals surface area (Å²) in [7, 11) is 1.68. The van der Waals surface area contributed by atoms with Crippen molar-refractivity contribution in [2.75, 3.05) is 20.3 Å². The lowest BCUT2D eigenvalue weighted by Gasteiger charge is -2.26. The van der Waals surface area contributed by atoms with E-state index >= 15 is 0 Å². The molecule has 1 aromatic rings. The van der Waals surface area contributed by atoms with Gasteiger partial charge in [-0.2, -0.15) is 0 Å². The molecule has 0 saturated carbocycles. The van der Waals surface area contributed by atoms with Crippen molar-refractivity contribution in [3.63, 3.8) is 0 Å². The van der Waals surface area contributed by atoms with Crippen molar-refractivity contribution < 1.29 is 19.2 Å². The number of benzene rings is 1. The lowest BCUT2D eigenvalue weighted by atomic mass is 9.99. The Hall–Kier alpha value is -2.15. The zero-order valence-corrected chi connectivity index (χ0v) is 12.4. The topological polar surface area (TPSA) is 90.7 Å². The maximum atomic E-state index is 11.8.